The average molecular weight is 335 g/mol. The van der Waals surface area contributed by atoms with Crippen LogP contribution >= 0.6 is 0 Å². The van der Waals surface area contributed by atoms with Crippen LogP contribution < -0.4 is 9.67 Å². The van der Waals surface area contributed by atoms with E-state index in [9.17, 15) is 23.4 Å². The minimum atomic E-state index is -4.11. The summed E-state index contributed by atoms with van der Waals surface area (Å²) in [6, 6.07) is 5.34. The first-order chi connectivity index (χ1) is 9.89. The second kappa shape index (κ2) is 8.79. The summed E-state index contributed by atoms with van der Waals surface area (Å²) in [6.07, 6.45) is 2.30. The lowest BCUT2D eigenvalue weighted by Gasteiger charge is -2.23. The van der Waals surface area contributed by atoms with Gasteiger partial charge in [0.1, 0.15) is 18.4 Å². The number of nitrogens with zero attached hydrogens (tertiary/aromatic N) is 2. The van der Waals surface area contributed by atoms with Gasteiger partial charge in [-0.3, -0.25) is 4.55 Å². The second-order valence-corrected chi connectivity index (χ2v) is 7.29. The molecule has 0 saturated carbocycles. The summed E-state index contributed by atoms with van der Waals surface area (Å²) in [7, 11) is 1.30. The average Bonchev–Trinajstić information content (AvgIpc) is 2.24. The van der Waals surface area contributed by atoms with E-state index in [-0.39, 0.29) is 13.1 Å². The van der Waals surface area contributed by atoms with Gasteiger partial charge in [-0.15, -0.1) is 0 Å². The first-order valence-electron chi connectivity index (χ1n) is 6.46. The molecule has 8 nitrogen and oxygen atoms in total. The van der Waals surface area contributed by atoms with Crippen molar-refractivity contribution in [3.63, 3.8) is 0 Å². The predicted molar refractivity (Wildman–Crippen MR) is 77.0 cm³/mol. The van der Waals surface area contributed by atoms with Crippen LogP contribution in [0.3, 0.4) is 0 Å². The number of carbonyl (C=O) groups is 1. The number of carboxylic acids is 1. The molecule has 0 aliphatic heterocycles. The molecule has 0 saturated heterocycles. The van der Waals surface area contributed by atoms with Crippen molar-refractivity contribution < 1.29 is 37.0 Å². The number of carbonyl (C=O) groups excluding carboxylic acids is 1. The summed E-state index contributed by atoms with van der Waals surface area (Å²) >= 11 is 0. The summed E-state index contributed by atoms with van der Waals surface area (Å²) in [5.74, 6) is -1.65. The third kappa shape index (κ3) is 13.4. The van der Waals surface area contributed by atoms with E-state index >= 15 is 0 Å². The number of likely N-dealkylation sites (N-methyl/N-ethyl adjacent to an activating group) is 1. The Morgan fingerprint density at radius 2 is 1.73 bits per heavy atom. The topological polar surface area (TPSA) is 119 Å². The van der Waals surface area contributed by atoms with Crippen molar-refractivity contribution >= 4 is 16.1 Å². The first kappa shape index (κ1) is 20.5. The molecule has 1 unspecified atom stereocenters. The molecular weight excluding hydrogens is 312 g/mol. The molecule has 2 N–H and O–H groups in total. The van der Waals surface area contributed by atoms with Gasteiger partial charge >= 0.3 is 0 Å². The van der Waals surface area contributed by atoms with E-state index in [1.165, 1.54) is 0 Å². The summed E-state index contributed by atoms with van der Waals surface area (Å²) in [5.41, 5.74) is 0. The molecule has 1 heterocycles. The van der Waals surface area contributed by atoms with Gasteiger partial charge in [-0.25, -0.2) is 4.57 Å². The largest absolute Gasteiger partial charge is 0.544 e. The quantitative estimate of drug-likeness (QED) is 0.342. The molecule has 1 rings (SSSR count). The monoisotopic (exact) mass is 335 g/mol. The highest BCUT2D eigenvalue weighted by Gasteiger charge is 2.17. The molecule has 126 valence electrons. The number of pyridine rings is 1. The molecule has 0 aliphatic rings. The second-order valence-electron chi connectivity index (χ2n) is 5.80. The Morgan fingerprint density at radius 1 is 1.23 bits per heavy atom. The fourth-order valence-corrected chi connectivity index (χ4v) is 2.07. The van der Waals surface area contributed by atoms with E-state index in [0.717, 1.165) is 0 Å². The maximum atomic E-state index is 10.4. The zero-order chi connectivity index (χ0) is 17.4. The zero-order valence-electron chi connectivity index (χ0n) is 12.9. The smallest absolute Gasteiger partial charge is 0.267 e. The van der Waals surface area contributed by atoms with Crippen LogP contribution in [-0.2, 0) is 21.5 Å². The molecule has 0 bridgehead atoms. The number of aliphatic hydroxyl groups is 1. The van der Waals surface area contributed by atoms with Crippen LogP contribution in [0.5, 0.6) is 0 Å². The third-order valence-corrected chi connectivity index (χ3v) is 3.01. The summed E-state index contributed by atoms with van der Waals surface area (Å²) in [5, 5.41) is 19.2. The highest BCUT2D eigenvalue weighted by Crippen LogP contribution is 1.90. The van der Waals surface area contributed by atoms with Gasteiger partial charge in [-0.1, -0.05) is 6.07 Å². The van der Waals surface area contributed by atoms with Gasteiger partial charge in [0.2, 0.25) is 0 Å². The lowest BCUT2D eigenvalue weighted by atomic mass is 10.4. The van der Waals surface area contributed by atoms with Crippen LogP contribution in [-0.4, -0.2) is 68.1 Å². The molecule has 0 amide bonds. The molecular formula is C13H23N2O6S+. The molecule has 0 aliphatic carbocycles. The van der Waals surface area contributed by atoms with Crippen LogP contribution in [0, 0.1) is 0 Å². The summed E-state index contributed by atoms with van der Waals surface area (Å²) in [6.45, 7) is 0.209. The Balaban J connectivity index is 0.000000472. The molecule has 1 atom stereocenters. The highest BCUT2D eigenvalue weighted by molar-refractivity contribution is 7.85. The van der Waals surface area contributed by atoms with E-state index in [2.05, 4.69) is 0 Å². The van der Waals surface area contributed by atoms with E-state index in [1.54, 1.807) is 50.2 Å². The van der Waals surface area contributed by atoms with Gasteiger partial charge in [0.05, 0.1) is 27.1 Å². The van der Waals surface area contributed by atoms with Crippen LogP contribution in [0.25, 0.3) is 0 Å². The molecule has 22 heavy (non-hydrogen) atoms. The number of aromatic nitrogens is 1. The van der Waals surface area contributed by atoms with Crippen molar-refractivity contribution in [3.05, 3.63) is 30.6 Å². The zero-order valence-corrected chi connectivity index (χ0v) is 13.7. The van der Waals surface area contributed by atoms with Gasteiger partial charge in [0, 0.05) is 12.1 Å². The van der Waals surface area contributed by atoms with Crippen LogP contribution in [0.4, 0.5) is 0 Å². The van der Waals surface area contributed by atoms with Crippen molar-refractivity contribution in [2.45, 2.75) is 12.6 Å². The normalized spacial score (nSPS) is 13.0. The third-order valence-electron chi connectivity index (χ3n) is 2.21. The number of aliphatic carboxylic acids is 1. The van der Waals surface area contributed by atoms with Crippen LogP contribution in [0.1, 0.15) is 0 Å². The molecule has 1 aromatic rings. The van der Waals surface area contributed by atoms with Crippen molar-refractivity contribution in [3.8, 4) is 0 Å². The van der Waals surface area contributed by atoms with Crippen molar-refractivity contribution in [1.82, 2.24) is 0 Å². The number of carboxylic acid groups (broad SMARTS) is 1. The molecule has 0 aromatic carbocycles. The Kier molecular flexibility index (Phi) is 8.17. The fraction of sp³-hybridized carbons (Fsp3) is 0.538. The minimum absolute atomic E-state index is 0.0694. The summed E-state index contributed by atoms with van der Waals surface area (Å²) < 4.78 is 31.4. The maximum Gasteiger partial charge on any atom is 0.267 e. The molecule has 0 radical (unpaired) electrons. The lowest BCUT2D eigenvalue weighted by Crippen LogP contribution is -2.45. The Labute approximate surface area is 130 Å². The number of hydrogen-bond acceptors (Lipinski definition) is 5. The lowest BCUT2D eigenvalue weighted by molar-refractivity contribution is -0.864. The van der Waals surface area contributed by atoms with E-state index in [1.807, 2.05) is 6.07 Å². The Hall–Kier alpha value is -1.55. The molecule has 1 aromatic heterocycles. The van der Waals surface area contributed by atoms with Crippen molar-refractivity contribution in [2.75, 3.05) is 33.4 Å². The van der Waals surface area contributed by atoms with Crippen molar-refractivity contribution in [1.29, 1.82) is 0 Å². The number of aliphatic hydroxyl groups excluding tert-OH is 1. The predicted octanol–water partition coefficient (Wildman–Crippen LogP) is -2.33. The standard InChI is InChI=1S/C8H11NO4S.C5H11NO2/c10-8(7-14(11,12)13)6-9-4-2-1-3-5-9;1-6(2,3)4-5(7)8/h1-5,8,10H,6-7H2;4H2,1-3H3/p+1. The SMILES string of the molecule is C[N+](C)(C)CC(=O)[O-].O=S(=O)(O)CC(O)C[n+]1ccccc1. The Bertz CT molecular complexity index is 554. The Morgan fingerprint density at radius 3 is 2.05 bits per heavy atom. The van der Waals surface area contributed by atoms with Crippen molar-refractivity contribution in [2.24, 2.45) is 0 Å². The maximum absolute atomic E-state index is 10.4. The number of rotatable bonds is 6. The van der Waals surface area contributed by atoms with Gasteiger partial charge in [0.15, 0.2) is 18.9 Å². The molecule has 0 spiro atoms. The van der Waals surface area contributed by atoms with E-state index in [0.29, 0.717) is 4.48 Å². The first-order valence-corrected chi connectivity index (χ1v) is 8.07. The minimum Gasteiger partial charge on any atom is -0.544 e. The fourth-order valence-electron chi connectivity index (χ4n) is 1.48. The van der Waals surface area contributed by atoms with Crippen LogP contribution in [0.2, 0.25) is 0 Å². The van der Waals surface area contributed by atoms with Gasteiger partial charge in [-0.05, 0) is 0 Å². The summed E-state index contributed by atoms with van der Waals surface area (Å²) in [4.78, 5) is 9.89. The number of quaternary nitrogens is 1. The molecule has 9 heteroatoms. The van der Waals surface area contributed by atoms with Gasteiger partial charge < -0.3 is 19.5 Å². The number of hydrogen-bond donors (Lipinski definition) is 2. The van der Waals surface area contributed by atoms with Gasteiger partial charge in [0.25, 0.3) is 10.1 Å². The highest BCUT2D eigenvalue weighted by atomic mass is 32.2. The van der Waals surface area contributed by atoms with E-state index < -0.39 is 27.9 Å². The van der Waals surface area contributed by atoms with Gasteiger partial charge in [-0.2, -0.15) is 8.42 Å². The van der Waals surface area contributed by atoms with E-state index in [4.69, 9.17) is 4.55 Å². The van der Waals surface area contributed by atoms with Crippen LogP contribution in [0.15, 0.2) is 30.6 Å². The molecule has 0 fully saturated rings.